The van der Waals surface area contributed by atoms with Gasteiger partial charge >= 0.3 is 20.3 Å². The molecule has 4 unspecified atom stereocenters. The zero-order chi connectivity index (χ0) is 34.9. The van der Waals surface area contributed by atoms with Crippen LogP contribution in [-0.4, -0.2) is 113 Å². The molecule has 4 aromatic heterocycles. The number of nitrogens with zero attached hydrogens (tertiary/aromatic N) is 6. The molecular formula is C21H29N10O14P2S+. The van der Waals surface area contributed by atoms with E-state index in [-0.39, 0.29) is 45.6 Å². The summed E-state index contributed by atoms with van der Waals surface area (Å²) < 4.78 is 49.5. The fourth-order valence-electron chi connectivity index (χ4n) is 5.29. The minimum atomic E-state index is -5.34. The Bertz CT molecular complexity index is 2090. The Kier molecular flexibility index (Phi) is 9.04. The molecule has 2 aliphatic heterocycles. The van der Waals surface area contributed by atoms with Crippen molar-refractivity contribution >= 4 is 60.2 Å². The lowest BCUT2D eigenvalue weighted by atomic mass is 10.1. The number of hydrogen-bond acceptors (Lipinski definition) is 18. The average Bonchev–Trinajstić information content (AvgIpc) is 3.70. The zero-order valence-corrected chi connectivity index (χ0v) is 26.9. The van der Waals surface area contributed by atoms with E-state index in [4.69, 9.17) is 25.5 Å². The number of anilines is 2. The van der Waals surface area contributed by atoms with Crippen LogP contribution in [0.2, 0.25) is 0 Å². The average molecular weight is 740 g/mol. The molecule has 2 aliphatic rings. The van der Waals surface area contributed by atoms with Crippen molar-refractivity contribution in [1.82, 2.24) is 34.1 Å². The van der Waals surface area contributed by atoms with Crippen molar-refractivity contribution in [3.8, 4) is 0 Å². The second kappa shape index (κ2) is 12.5. The molecule has 262 valence electrons. The highest BCUT2D eigenvalue weighted by Crippen LogP contribution is 2.67. The second-order valence-corrected chi connectivity index (χ2v) is 16.3. The number of aromatic amines is 2. The highest BCUT2D eigenvalue weighted by Gasteiger charge is 2.49. The Labute approximate surface area is 269 Å². The summed E-state index contributed by atoms with van der Waals surface area (Å²) in [6, 6.07) is 0. The Balaban J connectivity index is 1.07. The number of ether oxygens (including phenoxy) is 2. The van der Waals surface area contributed by atoms with Crippen LogP contribution in [0.4, 0.5) is 11.9 Å². The third-order valence-electron chi connectivity index (χ3n) is 7.47. The minimum Gasteiger partial charge on any atom is -0.387 e. The molecule has 0 aromatic carbocycles. The molecule has 48 heavy (non-hydrogen) atoms. The Morgan fingerprint density at radius 2 is 1.67 bits per heavy atom. The van der Waals surface area contributed by atoms with Crippen molar-refractivity contribution in [2.24, 2.45) is 7.05 Å². The van der Waals surface area contributed by atoms with Gasteiger partial charge in [0.1, 0.15) is 30.5 Å². The molecule has 0 radical (unpaired) electrons. The quantitative estimate of drug-likeness (QED) is 0.0548. The first-order valence-corrected chi connectivity index (χ1v) is 18.3. The monoisotopic (exact) mass is 739 g/mol. The third kappa shape index (κ3) is 6.40. The second-order valence-electron chi connectivity index (χ2n) is 10.7. The molecule has 0 amide bonds. The highest BCUT2D eigenvalue weighted by atomic mass is 32.7. The molecule has 0 bridgehead atoms. The van der Waals surface area contributed by atoms with E-state index in [1.54, 1.807) is 0 Å². The van der Waals surface area contributed by atoms with Crippen LogP contribution >= 0.6 is 26.0 Å². The van der Waals surface area contributed by atoms with Crippen LogP contribution < -0.4 is 27.2 Å². The van der Waals surface area contributed by atoms with Gasteiger partial charge in [0.2, 0.25) is 17.7 Å². The molecule has 4 aromatic rings. The first-order chi connectivity index (χ1) is 22.5. The lowest BCUT2D eigenvalue weighted by molar-refractivity contribution is -0.745. The summed E-state index contributed by atoms with van der Waals surface area (Å²) in [5.41, 5.74) is 9.80. The van der Waals surface area contributed by atoms with Crippen LogP contribution in [0.15, 0.2) is 22.2 Å². The third-order valence-corrected chi connectivity index (χ3v) is 12.4. The lowest BCUT2D eigenvalue weighted by Crippen LogP contribution is -2.46. The molecule has 2 fully saturated rings. The normalized spacial score (nSPS) is 30.2. The molecule has 12 N–H and O–H groups in total. The van der Waals surface area contributed by atoms with Crippen LogP contribution in [0.3, 0.4) is 0 Å². The van der Waals surface area contributed by atoms with Gasteiger partial charge in [0.25, 0.3) is 17.1 Å². The topological polar surface area (TPSA) is 363 Å². The van der Waals surface area contributed by atoms with Gasteiger partial charge in [0.15, 0.2) is 23.7 Å². The molecular weight excluding hydrogens is 710 g/mol. The van der Waals surface area contributed by atoms with Crippen molar-refractivity contribution in [2.45, 2.75) is 49.1 Å². The van der Waals surface area contributed by atoms with Gasteiger partial charge in [0, 0.05) is 5.75 Å². The molecule has 6 heterocycles. The molecule has 24 nitrogen and oxygen atoms in total. The first kappa shape index (κ1) is 34.6. The van der Waals surface area contributed by atoms with E-state index in [9.17, 15) is 48.9 Å². The van der Waals surface area contributed by atoms with Gasteiger partial charge in [-0.25, -0.2) is 18.7 Å². The van der Waals surface area contributed by atoms with Crippen LogP contribution in [0.5, 0.6) is 0 Å². The van der Waals surface area contributed by atoms with Gasteiger partial charge in [-0.1, -0.05) is 4.98 Å². The van der Waals surface area contributed by atoms with Gasteiger partial charge in [-0.2, -0.15) is 9.29 Å². The van der Waals surface area contributed by atoms with E-state index in [1.165, 1.54) is 22.5 Å². The number of nitrogens with one attached hydrogen (secondary N) is 2. The van der Waals surface area contributed by atoms with Crippen molar-refractivity contribution < 1.29 is 62.2 Å². The summed E-state index contributed by atoms with van der Waals surface area (Å²) in [6.07, 6.45) is -9.68. The number of imidazole rings is 2. The molecule has 6 rings (SSSR count). The largest absolute Gasteiger partial charge is 0.480 e. The first-order valence-electron chi connectivity index (χ1n) is 13.6. The number of aliphatic hydroxyl groups is 4. The Hall–Kier alpha value is -3.29. The number of nitrogen functional groups attached to an aromatic ring is 2. The van der Waals surface area contributed by atoms with E-state index in [1.807, 2.05) is 0 Å². The highest BCUT2D eigenvalue weighted by molar-refractivity contribution is 8.55. The molecule has 0 saturated carbocycles. The molecule has 0 spiro atoms. The maximum Gasteiger partial charge on any atom is 0.480 e. The van der Waals surface area contributed by atoms with Gasteiger partial charge in [-0.05, 0) is 11.4 Å². The number of aryl methyl sites for hydroxylation is 1. The standard InChI is InChI=1S/C21H28N10O14P2S/c1-29-5-31(15-9(29)17(37)28-21(23)26-15)19-12(34)10(32)6(43-19)2-42-46(38,39)45-47(40,41)48-3-7-11(33)13(35)18(44-7)30-4-24-8-14(30)25-20(22)27-16(8)36/h4-7,10-13,18-19,32-35H,2-3H2,1H3,(H7-,22,23,25,26,27,28,36,37,38,39,40,41)/p+1/t6-,7-,10?,11?,12+,13+,18-,19-/m1/s1. The Morgan fingerprint density at radius 1 is 1.00 bits per heavy atom. The van der Waals surface area contributed by atoms with E-state index >= 15 is 0 Å². The predicted molar refractivity (Wildman–Crippen MR) is 159 cm³/mol. The summed E-state index contributed by atoms with van der Waals surface area (Å²) in [4.78, 5) is 61.3. The maximum absolute atomic E-state index is 12.7. The smallest absolute Gasteiger partial charge is 0.387 e. The Morgan fingerprint density at radius 3 is 2.40 bits per heavy atom. The number of phosphoric acid groups is 1. The summed E-state index contributed by atoms with van der Waals surface area (Å²) >= 11 is 0.0724. The van der Waals surface area contributed by atoms with Gasteiger partial charge in [0.05, 0.1) is 26.1 Å². The maximum atomic E-state index is 12.7. The number of phosphoric ester groups is 1. The van der Waals surface area contributed by atoms with Crippen molar-refractivity contribution in [3.63, 3.8) is 0 Å². The molecule has 10 atom stereocenters. The van der Waals surface area contributed by atoms with Crippen LogP contribution in [0.1, 0.15) is 12.5 Å². The fraction of sp³-hybridized carbons (Fsp3) is 0.524. The SMILES string of the molecule is Cn1c[n+]([C@@H]2O[C@H](COP(=O)(O)OP(=O)(O)SC[C@H]3O[C@@H](n4cnc5c(=O)[nH]c(N)nc54)[C@@H](O)C3O)C(O)[C@@H]2O)c2nc(N)[nH]c(=O)c21. The van der Waals surface area contributed by atoms with Gasteiger partial charge < -0.3 is 51.2 Å². The van der Waals surface area contributed by atoms with E-state index in [2.05, 4.69) is 29.2 Å². The molecule has 2 saturated heterocycles. The molecule has 27 heteroatoms. The van der Waals surface area contributed by atoms with Crippen molar-refractivity contribution in [1.29, 1.82) is 0 Å². The summed E-state index contributed by atoms with van der Waals surface area (Å²) in [6.45, 7) is -5.94. The fourth-order valence-corrected chi connectivity index (χ4v) is 9.85. The van der Waals surface area contributed by atoms with E-state index < -0.39 is 87.2 Å². The summed E-state index contributed by atoms with van der Waals surface area (Å²) in [7, 11) is -3.83. The van der Waals surface area contributed by atoms with Gasteiger partial charge in [-0.15, -0.1) is 0 Å². The summed E-state index contributed by atoms with van der Waals surface area (Å²) in [5.74, 6) is -1.03. The minimum absolute atomic E-state index is 0.00355. The van der Waals surface area contributed by atoms with E-state index in [0.29, 0.717) is 0 Å². The number of aliphatic hydroxyl groups excluding tert-OH is 4. The number of nitrogens with two attached hydrogens (primary N) is 2. The number of aromatic nitrogens is 8. The van der Waals surface area contributed by atoms with Crippen LogP contribution in [-0.2, 0) is 34.5 Å². The number of rotatable bonds is 10. The lowest BCUT2D eigenvalue weighted by Gasteiger charge is -2.20. The number of H-pyrrole nitrogens is 2. The number of fused-ring (bicyclic) bond motifs is 2. The number of hydrogen-bond donors (Lipinski definition) is 10. The molecule has 0 aliphatic carbocycles. The summed E-state index contributed by atoms with van der Waals surface area (Å²) in [5, 5.41) is 42.3. The predicted octanol–water partition coefficient (Wildman–Crippen LogP) is -3.95. The van der Waals surface area contributed by atoms with E-state index in [0.717, 1.165) is 10.9 Å². The van der Waals surface area contributed by atoms with Crippen molar-refractivity contribution in [2.75, 3.05) is 23.8 Å². The van der Waals surface area contributed by atoms with Crippen LogP contribution in [0.25, 0.3) is 22.3 Å². The van der Waals surface area contributed by atoms with Crippen molar-refractivity contribution in [3.05, 3.63) is 33.4 Å². The zero-order valence-electron chi connectivity index (χ0n) is 24.3. The van der Waals surface area contributed by atoms with Crippen LogP contribution in [0, 0.1) is 0 Å². The van der Waals surface area contributed by atoms with Gasteiger partial charge in [-0.3, -0.25) is 33.2 Å².